The number of hydrogen-bond acceptors (Lipinski definition) is 5. The minimum Gasteiger partial charge on any atom is -0.456 e. The number of hydrogen-bond donors (Lipinski definition) is 1. The molecule has 0 bridgehead atoms. The average Bonchev–Trinajstić information content (AvgIpc) is 2.83. The SMILES string of the molecule is NS(=O)(=O)c1cc(F)cc(C(=O)OC2CCOC2)c1F. The van der Waals surface area contributed by atoms with Crippen molar-refractivity contribution in [3.8, 4) is 0 Å². The first-order valence-electron chi connectivity index (χ1n) is 5.59. The zero-order valence-corrected chi connectivity index (χ0v) is 11.0. The van der Waals surface area contributed by atoms with Crippen molar-refractivity contribution in [1.29, 1.82) is 0 Å². The Balaban J connectivity index is 2.36. The summed E-state index contributed by atoms with van der Waals surface area (Å²) in [5.74, 6) is -3.70. The lowest BCUT2D eigenvalue weighted by atomic mass is 10.2. The quantitative estimate of drug-likeness (QED) is 0.823. The van der Waals surface area contributed by atoms with E-state index in [1.165, 1.54) is 0 Å². The molecule has 20 heavy (non-hydrogen) atoms. The third kappa shape index (κ3) is 3.11. The van der Waals surface area contributed by atoms with E-state index in [0.29, 0.717) is 25.2 Å². The van der Waals surface area contributed by atoms with Gasteiger partial charge >= 0.3 is 5.97 Å². The molecule has 1 heterocycles. The van der Waals surface area contributed by atoms with E-state index in [0.717, 1.165) is 0 Å². The Morgan fingerprint density at radius 3 is 2.65 bits per heavy atom. The summed E-state index contributed by atoms with van der Waals surface area (Å²) in [5.41, 5.74) is -0.819. The average molecular weight is 307 g/mol. The summed E-state index contributed by atoms with van der Waals surface area (Å²) in [6.45, 7) is 0.552. The summed E-state index contributed by atoms with van der Waals surface area (Å²) < 4.78 is 59.3. The van der Waals surface area contributed by atoms with Crippen LogP contribution in [0, 0.1) is 11.6 Å². The Morgan fingerprint density at radius 1 is 1.40 bits per heavy atom. The fraction of sp³-hybridized carbons (Fsp3) is 0.364. The first kappa shape index (κ1) is 14.8. The van der Waals surface area contributed by atoms with Gasteiger partial charge in [0.15, 0.2) is 5.82 Å². The Labute approximate surface area is 113 Å². The topological polar surface area (TPSA) is 95.7 Å². The molecule has 0 spiro atoms. The molecule has 0 saturated carbocycles. The summed E-state index contributed by atoms with van der Waals surface area (Å²) in [6, 6.07) is 0.961. The maximum Gasteiger partial charge on any atom is 0.341 e. The van der Waals surface area contributed by atoms with Crippen molar-refractivity contribution < 1.29 is 31.5 Å². The van der Waals surface area contributed by atoms with Crippen molar-refractivity contribution in [3.05, 3.63) is 29.3 Å². The van der Waals surface area contributed by atoms with Gasteiger partial charge in [-0.2, -0.15) is 0 Å². The highest BCUT2D eigenvalue weighted by Gasteiger charge is 2.27. The number of esters is 1. The standard InChI is InChI=1S/C11H11F2NO5S/c12-6-3-8(10(13)9(4-6)20(14,16)17)11(15)19-7-1-2-18-5-7/h3-4,7H,1-2,5H2,(H2,14,16,17). The van der Waals surface area contributed by atoms with Crippen LogP contribution in [0.4, 0.5) is 8.78 Å². The largest absolute Gasteiger partial charge is 0.456 e. The van der Waals surface area contributed by atoms with Crippen LogP contribution in [0.2, 0.25) is 0 Å². The first-order chi connectivity index (χ1) is 9.29. The molecule has 1 saturated heterocycles. The van der Waals surface area contributed by atoms with Gasteiger partial charge in [0.25, 0.3) is 0 Å². The van der Waals surface area contributed by atoms with Gasteiger partial charge in [-0.1, -0.05) is 0 Å². The predicted octanol–water partition coefficient (Wildman–Crippen LogP) is 0.558. The fourth-order valence-corrected chi connectivity index (χ4v) is 2.38. The van der Waals surface area contributed by atoms with Crippen LogP contribution in [0.5, 0.6) is 0 Å². The van der Waals surface area contributed by atoms with E-state index in [4.69, 9.17) is 14.6 Å². The van der Waals surface area contributed by atoms with Crippen molar-refractivity contribution in [1.82, 2.24) is 0 Å². The Hall–Kier alpha value is -1.58. The van der Waals surface area contributed by atoms with Gasteiger partial charge < -0.3 is 9.47 Å². The van der Waals surface area contributed by atoms with Crippen LogP contribution in [0.15, 0.2) is 17.0 Å². The highest BCUT2D eigenvalue weighted by molar-refractivity contribution is 7.89. The van der Waals surface area contributed by atoms with Crippen molar-refractivity contribution in [3.63, 3.8) is 0 Å². The van der Waals surface area contributed by atoms with E-state index in [2.05, 4.69) is 0 Å². The third-order valence-electron chi connectivity index (χ3n) is 2.69. The summed E-state index contributed by atoms with van der Waals surface area (Å²) >= 11 is 0. The van der Waals surface area contributed by atoms with E-state index in [9.17, 15) is 22.0 Å². The highest BCUT2D eigenvalue weighted by Crippen LogP contribution is 2.21. The number of nitrogens with two attached hydrogens (primary N) is 1. The molecule has 1 aliphatic heterocycles. The smallest absolute Gasteiger partial charge is 0.341 e. The second-order valence-corrected chi connectivity index (χ2v) is 5.73. The maximum absolute atomic E-state index is 13.9. The molecule has 1 aliphatic rings. The molecule has 9 heteroatoms. The lowest BCUT2D eigenvalue weighted by Gasteiger charge is -2.11. The van der Waals surface area contributed by atoms with Crippen molar-refractivity contribution in [2.75, 3.05) is 13.2 Å². The number of sulfonamides is 1. The molecule has 2 rings (SSSR count). The van der Waals surface area contributed by atoms with E-state index in [1.807, 2.05) is 0 Å². The van der Waals surface area contributed by atoms with Gasteiger partial charge in [-0.25, -0.2) is 27.1 Å². The molecule has 0 aliphatic carbocycles. The van der Waals surface area contributed by atoms with Gasteiger partial charge in [-0.15, -0.1) is 0 Å². The molecule has 1 aromatic rings. The zero-order valence-electron chi connectivity index (χ0n) is 10.1. The highest BCUT2D eigenvalue weighted by atomic mass is 32.2. The molecule has 0 amide bonds. The predicted molar refractivity (Wildman–Crippen MR) is 62.4 cm³/mol. The molecule has 1 fully saturated rings. The molecular weight excluding hydrogens is 296 g/mol. The van der Waals surface area contributed by atoms with Crippen LogP contribution in [-0.2, 0) is 19.5 Å². The number of primary sulfonamides is 1. The van der Waals surface area contributed by atoms with Crippen molar-refractivity contribution in [2.45, 2.75) is 17.4 Å². The van der Waals surface area contributed by atoms with Crippen LogP contribution < -0.4 is 5.14 Å². The molecule has 1 aromatic carbocycles. The molecule has 1 atom stereocenters. The van der Waals surface area contributed by atoms with E-state index < -0.39 is 44.2 Å². The zero-order chi connectivity index (χ0) is 14.9. The minimum atomic E-state index is -4.49. The number of ether oxygens (including phenoxy) is 2. The second-order valence-electron chi connectivity index (χ2n) is 4.20. The van der Waals surface area contributed by atoms with Gasteiger partial charge in [0.1, 0.15) is 16.8 Å². The van der Waals surface area contributed by atoms with E-state index in [-0.39, 0.29) is 6.61 Å². The number of rotatable bonds is 3. The lowest BCUT2D eigenvalue weighted by molar-refractivity contribution is 0.0264. The normalized spacial score (nSPS) is 19.1. The number of halogens is 2. The van der Waals surface area contributed by atoms with Gasteiger partial charge in [0.05, 0.1) is 18.8 Å². The van der Waals surface area contributed by atoms with Crippen molar-refractivity contribution in [2.24, 2.45) is 5.14 Å². The lowest BCUT2D eigenvalue weighted by Crippen LogP contribution is -2.21. The monoisotopic (exact) mass is 307 g/mol. The van der Waals surface area contributed by atoms with Crippen LogP contribution in [0.25, 0.3) is 0 Å². The number of carbonyl (C=O) groups is 1. The minimum absolute atomic E-state index is 0.157. The first-order valence-corrected chi connectivity index (χ1v) is 7.14. The summed E-state index contributed by atoms with van der Waals surface area (Å²) in [7, 11) is -4.49. The molecule has 110 valence electrons. The Bertz CT molecular complexity index is 640. The van der Waals surface area contributed by atoms with Gasteiger partial charge in [-0.05, 0) is 12.1 Å². The Kier molecular flexibility index (Phi) is 4.02. The second kappa shape index (κ2) is 5.43. The molecule has 6 nitrogen and oxygen atoms in total. The number of carbonyl (C=O) groups excluding carboxylic acids is 1. The third-order valence-corrected chi connectivity index (χ3v) is 3.60. The summed E-state index contributed by atoms with van der Waals surface area (Å²) in [5, 5.41) is 4.75. The van der Waals surface area contributed by atoms with Gasteiger partial charge in [-0.3, -0.25) is 0 Å². The maximum atomic E-state index is 13.9. The molecule has 1 unspecified atom stereocenters. The van der Waals surface area contributed by atoms with E-state index >= 15 is 0 Å². The van der Waals surface area contributed by atoms with Crippen LogP contribution in [0.1, 0.15) is 16.8 Å². The summed E-state index contributed by atoms with van der Waals surface area (Å²) in [4.78, 5) is 10.6. The molecule has 0 radical (unpaired) electrons. The molecule has 0 aromatic heterocycles. The summed E-state index contributed by atoms with van der Waals surface area (Å²) in [6.07, 6.45) is -0.131. The fourth-order valence-electron chi connectivity index (χ4n) is 1.74. The van der Waals surface area contributed by atoms with E-state index in [1.54, 1.807) is 0 Å². The van der Waals surface area contributed by atoms with Crippen LogP contribution in [0.3, 0.4) is 0 Å². The van der Waals surface area contributed by atoms with Crippen LogP contribution in [-0.4, -0.2) is 33.7 Å². The van der Waals surface area contributed by atoms with Crippen molar-refractivity contribution >= 4 is 16.0 Å². The molecule has 2 N–H and O–H groups in total. The molecular formula is C11H11F2NO5S. The number of benzene rings is 1. The van der Waals surface area contributed by atoms with Gasteiger partial charge in [0.2, 0.25) is 10.0 Å². The Morgan fingerprint density at radius 2 is 2.10 bits per heavy atom. The van der Waals surface area contributed by atoms with Crippen LogP contribution >= 0.6 is 0 Å². The van der Waals surface area contributed by atoms with Gasteiger partial charge in [0, 0.05) is 6.42 Å².